The van der Waals surface area contributed by atoms with Crippen molar-refractivity contribution < 1.29 is 9.53 Å². The van der Waals surface area contributed by atoms with Crippen LogP contribution in [0.25, 0.3) is 0 Å². The SMILES string of the molecule is COCC1(CNC(=O)C2CCC(c3ccccc3)CC2)CCNCC1. The van der Waals surface area contributed by atoms with Crippen LogP contribution in [0.3, 0.4) is 0 Å². The van der Waals surface area contributed by atoms with Crippen molar-refractivity contribution in [3.05, 3.63) is 35.9 Å². The Morgan fingerprint density at radius 3 is 2.48 bits per heavy atom. The summed E-state index contributed by atoms with van der Waals surface area (Å²) in [6.07, 6.45) is 6.39. The molecule has 1 aromatic rings. The summed E-state index contributed by atoms with van der Waals surface area (Å²) < 4.78 is 5.45. The lowest BCUT2D eigenvalue weighted by Gasteiger charge is -2.38. The summed E-state index contributed by atoms with van der Waals surface area (Å²) in [6, 6.07) is 10.7. The highest BCUT2D eigenvalue weighted by atomic mass is 16.5. The van der Waals surface area contributed by atoms with Crippen molar-refractivity contribution >= 4 is 5.91 Å². The Hall–Kier alpha value is -1.39. The van der Waals surface area contributed by atoms with E-state index >= 15 is 0 Å². The number of rotatable bonds is 6. The number of hydrogen-bond acceptors (Lipinski definition) is 3. The number of carbonyl (C=O) groups excluding carboxylic acids is 1. The molecular formula is C21H32N2O2. The first-order valence-corrected chi connectivity index (χ1v) is 9.75. The van der Waals surface area contributed by atoms with Crippen molar-refractivity contribution in [3.63, 3.8) is 0 Å². The molecule has 3 rings (SSSR count). The molecule has 0 spiro atoms. The molecule has 0 atom stereocenters. The second-order valence-electron chi connectivity index (χ2n) is 7.86. The Labute approximate surface area is 151 Å². The smallest absolute Gasteiger partial charge is 0.223 e. The van der Waals surface area contributed by atoms with Crippen molar-refractivity contribution in [2.75, 3.05) is 33.4 Å². The maximum absolute atomic E-state index is 12.7. The number of nitrogens with one attached hydrogen (secondary N) is 2. The monoisotopic (exact) mass is 344 g/mol. The van der Waals surface area contributed by atoms with Crippen molar-refractivity contribution in [1.82, 2.24) is 10.6 Å². The van der Waals surface area contributed by atoms with Crippen molar-refractivity contribution in [2.24, 2.45) is 11.3 Å². The van der Waals surface area contributed by atoms with E-state index < -0.39 is 0 Å². The topological polar surface area (TPSA) is 50.4 Å². The summed E-state index contributed by atoms with van der Waals surface area (Å²) in [5, 5.41) is 6.66. The lowest BCUT2D eigenvalue weighted by atomic mass is 9.77. The highest BCUT2D eigenvalue weighted by Crippen LogP contribution is 2.36. The van der Waals surface area contributed by atoms with Crippen LogP contribution < -0.4 is 10.6 Å². The molecule has 138 valence electrons. The number of methoxy groups -OCH3 is 1. The van der Waals surface area contributed by atoms with E-state index in [1.807, 2.05) is 0 Å². The normalized spacial score (nSPS) is 26.1. The lowest BCUT2D eigenvalue weighted by molar-refractivity contribution is -0.127. The zero-order valence-corrected chi connectivity index (χ0v) is 15.4. The molecule has 0 bridgehead atoms. The zero-order valence-electron chi connectivity index (χ0n) is 15.4. The van der Waals surface area contributed by atoms with Gasteiger partial charge in [0.15, 0.2) is 0 Å². The van der Waals surface area contributed by atoms with Gasteiger partial charge in [0, 0.05) is 25.0 Å². The zero-order chi connectivity index (χ0) is 17.5. The van der Waals surface area contributed by atoms with Crippen LogP contribution in [0.5, 0.6) is 0 Å². The van der Waals surface area contributed by atoms with Gasteiger partial charge in [-0.2, -0.15) is 0 Å². The summed E-state index contributed by atoms with van der Waals surface area (Å²) in [6.45, 7) is 3.51. The summed E-state index contributed by atoms with van der Waals surface area (Å²) >= 11 is 0. The molecule has 1 amide bonds. The first-order valence-electron chi connectivity index (χ1n) is 9.75. The number of ether oxygens (including phenoxy) is 1. The number of amides is 1. The van der Waals surface area contributed by atoms with Crippen LogP contribution in [0.4, 0.5) is 0 Å². The second-order valence-corrected chi connectivity index (χ2v) is 7.86. The minimum absolute atomic E-state index is 0.108. The number of benzene rings is 1. The van der Waals surface area contributed by atoms with Crippen LogP contribution in [-0.2, 0) is 9.53 Å². The first kappa shape index (κ1) is 18.4. The molecule has 1 aromatic carbocycles. The first-order chi connectivity index (χ1) is 12.2. The summed E-state index contributed by atoms with van der Waals surface area (Å²) in [5.74, 6) is 1.05. The van der Waals surface area contributed by atoms with Gasteiger partial charge in [-0.05, 0) is 63.1 Å². The Morgan fingerprint density at radius 2 is 1.84 bits per heavy atom. The van der Waals surface area contributed by atoms with Crippen molar-refractivity contribution in [2.45, 2.75) is 44.4 Å². The van der Waals surface area contributed by atoms with Gasteiger partial charge in [0.1, 0.15) is 0 Å². The molecule has 2 fully saturated rings. The molecule has 1 aliphatic heterocycles. The van der Waals surface area contributed by atoms with Gasteiger partial charge in [-0.15, -0.1) is 0 Å². The maximum Gasteiger partial charge on any atom is 0.223 e. The molecule has 0 aromatic heterocycles. The Bertz CT molecular complexity index is 527. The molecule has 2 N–H and O–H groups in total. The van der Waals surface area contributed by atoms with E-state index in [2.05, 4.69) is 41.0 Å². The fraction of sp³-hybridized carbons (Fsp3) is 0.667. The lowest BCUT2D eigenvalue weighted by Crippen LogP contribution is -2.48. The van der Waals surface area contributed by atoms with Gasteiger partial charge in [-0.25, -0.2) is 0 Å². The summed E-state index contributed by atoms with van der Waals surface area (Å²) in [7, 11) is 1.76. The molecule has 1 heterocycles. The summed E-state index contributed by atoms with van der Waals surface area (Å²) in [4.78, 5) is 12.7. The predicted octanol–water partition coefficient (Wildman–Crippen LogP) is 3.09. The van der Waals surface area contributed by atoms with Gasteiger partial charge >= 0.3 is 0 Å². The van der Waals surface area contributed by atoms with E-state index in [-0.39, 0.29) is 17.2 Å². The van der Waals surface area contributed by atoms with Gasteiger partial charge in [0.2, 0.25) is 5.91 Å². The Balaban J connectivity index is 1.47. The third kappa shape index (κ3) is 4.83. The minimum atomic E-state index is 0.108. The highest BCUT2D eigenvalue weighted by molar-refractivity contribution is 5.78. The van der Waals surface area contributed by atoms with E-state index in [4.69, 9.17) is 4.74 Å². The van der Waals surface area contributed by atoms with Gasteiger partial charge in [-0.3, -0.25) is 4.79 Å². The average molecular weight is 344 g/mol. The molecule has 4 nitrogen and oxygen atoms in total. The van der Waals surface area contributed by atoms with Crippen LogP contribution in [0.2, 0.25) is 0 Å². The standard InChI is InChI=1S/C21H32N2O2/c1-25-16-21(11-13-22-14-12-21)15-23-20(24)19-9-7-18(8-10-19)17-5-3-2-4-6-17/h2-6,18-19,22H,7-16H2,1H3,(H,23,24). The van der Waals surface area contributed by atoms with E-state index in [1.54, 1.807) is 7.11 Å². The number of piperidine rings is 1. The van der Waals surface area contributed by atoms with Gasteiger partial charge < -0.3 is 15.4 Å². The maximum atomic E-state index is 12.7. The quantitative estimate of drug-likeness (QED) is 0.834. The molecule has 0 radical (unpaired) electrons. The van der Waals surface area contributed by atoms with Gasteiger partial charge in [0.25, 0.3) is 0 Å². The fourth-order valence-corrected chi connectivity index (χ4v) is 4.47. The third-order valence-electron chi connectivity index (χ3n) is 6.12. The Kier molecular flexibility index (Phi) is 6.49. The van der Waals surface area contributed by atoms with E-state index in [9.17, 15) is 4.79 Å². The van der Waals surface area contributed by atoms with Crippen LogP contribution in [0.15, 0.2) is 30.3 Å². The molecule has 1 saturated carbocycles. The van der Waals surface area contributed by atoms with E-state index in [0.29, 0.717) is 5.92 Å². The summed E-state index contributed by atoms with van der Waals surface area (Å²) in [5.41, 5.74) is 1.53. The molecule has 1 saturated heterocycles. The van der Waals surface area contributed by atoms with Crippen LogP contribution in [0.1, 0.15) is 50.0 Å². The molecule has 25 heavy (non-hydrogen) atoms. The Morgan fingerprint density at radius 1 is 1.16 bits per heavy atom. The minimum Gasteiger partial charge on any atom is -0.384 e. The predicted molar refractivity (Wildman–Crippen MR) is 101 cm³/mol. The molecule has 4 heteroatoms. The van der Waals surface area contributed by atoms with Crippen molar-refractivity contribution in [1.29, 1.82) is 0 Å². The molecular weight excluding hydrogens is 312 g/mol. The van der Waals surface area contributed by atoms with Crippen LogP contribution >= 0.6 is 0 Å². The van der Waals surface area contributed by atoms with Crippen LogP contribution in [-0.4, -0.2) is 39.3 Å². The third-order valence-corrected chi connectivity index (χ3v) is 6.12. The second kappa shape index (κ2) is 8.81. The average Bonchev–Trinajstić information content (AvgIpc) is 2.68. The van der Waals surface area contributed by atoms with E-state index in [1.165, 1.54) is 5.56 Å². The fourth-order valence-electron chi connectivity index (χ4n) is 4.47. The largest absolute Gasteiger partial charge is 0.384 e. The number of carbonyl (C=O) groups is 1. The molecule has 0 unspecified atom stereocenters. The van der Waals surface area contributed by atoms with Gasteiger partial charge in [0.05, 0.1) is 6.61 Å². The molecule has 1 aliphatic carbocycles. The van der Waals surface area contributed by atoms with E-state index in [0.717, 1.165) is 64.8 Å². The number of hydrogen-bond donors (Lipinski definition) is 2. The van der Waals surface area contributed by atoms with Gasteiger partial charge in [-0.1, -0.05) is 30.3 Å². The molecule has 2 aliphatic rings. The highest BCUT2D eigenvalue weighted by Gasteiger charge is 2.34. The van der Waals surface area contributed by atoms with Crippen molar-refractivity contribution in [3.8, 4) is 0 Å². The van der Waals surface area contributed by atoms with Crippen LogP contribution in [0, 0.1) is 11.3 Å².